The maximum Gasteiger partial charge on any atom is 0.260 e. The Morgan fingerprint density at radius 1 is 1.27 bits per heavy atom. The summed E-state index contributed by atoms with van der Waals surface area (Å²) >= 11 is 7.74. The SMILES string of the molecule is CSC(Cl)(C(=O)Nc1ccc(N)c(C=O)c1)c1ccccc1. The fourth-order valence-corrected chi connectivity index (χ4v) is 2.74. The zero-order valence-electron chi connectivity index (χ0n) is 11.9. The quantitative estimate of drug-likeness (QED) is 0.499. The van der Waals surface area contributed by atoms with E-state index in [1.54, 1.807) is 30.5 Å². The van der Waals surface area contributed by atoms with Crippen LogP contribution in [0.1, 0.15) is 15.9 Å². The lowest BCUT2D eigenvalue weighted by Crippen LogP contribution is -2.32. The molecule has 22 heavy (non-hydrogen) atoms. The third kappa shape index (κ3) is 3.26. The normalized spacial score (nSPS) is 13.2. The molecule has 114 valence electrons. The summed E-state index contributed by atoms with van der Waals surface area (Å²) in [4.78, 5) is 23.5. The summed E-state index contributed by atoms with van der Waals surface area (Å²) in [6.45, 7) is 0. The summed E-state index contributed by atoms with van der Waals surface area (Å²) in [6, 6.07) is 13.8. The molecule has 0 bridgehead atoms. The molecule has 2 aromatic carbocycles. The van der Waals surface area contributed by atoms with E-state index in [1.165, 1.54) is 17.8 Å². The summed E-state index contributed by atoms with van der Waals surface area (Å²) in [7, 11) is 0. The van der Waals surface area contributed by atoms with E-state index in [-0.39, 0.29) is 5.91 Å². The number of nitrogens with one attached hydrogen (secondary N) is 1. The van der Waals surface area contributed by atoms with Crippen molar-refractivity contribution in [3.63, 3.8) is 0 Å². The summed E-state index contributed by atoms with van der Waals surface area (Å²) in [5.41, 5.74) is 7.50. The van der Waals surface area contributed by atoms with Gasteiger partial charge in [-0.15, -0.1) is 11.8 Å². The van der Waals surface area contributed by atoms with Crippen molar-refractivity contribution in [3.8, 4) is 0 Å². The van der Waals surface area contributed by atoms with Crippen LogP contribution in [0.4, 0.5) is 11.4 Å². The molecule has 0 spiro atoms. The van der Waals surface area contributed by atoms with Crippen LogP contribution in [0.5, 0.6) is 0 Å². The highest BCUT2D eigenvalue weighted by molar-refractivity contribution is 8.01. The Hall–Kier alpha value is -1.98. The Morgan fingerprint density at radius 3 is 2.55 bits per heavy atom. The molecule has 0 saturated heterocycles. The number of amides is 1. The van der Waals surface area contributed by atoms with Crippen LogP contribution >= 0.6 is 23.4 Å². The van der Waals surface area contributed by atoms with E-state index in [4.69, 9.17) is 17.3 Å². The highest BCUT2D eigenvalue weighted by Gasteiger charge is 2.37. The maximum atomic E-state index is 12.6. The predicted octanol–water partition coefficient (Wildman–Crippen LogP) is 3.47. The van der Waals surface area contributed by atoms with Gasteiger partial charge in [-0.1, -0.05) is 41.9 Å². The molecule has 0 fully saturated rings. The van der Waals surface area contributed by atoms with Gasteiger partial charge in [0.25, 0.3) is 5.91 Å². The van der Waals surface area contributed by atoms with E-state index in [0.29, 0.717) is 28.8 Å². The Labute approximate surface area is 138 Å². The van der Waals surface area contributed by atoms with E-state index in [2.05, 4.69) is 5.32 Å². The van der Waals surface area contributed by atoms with Crippen molar-refractivity contribution in [2.24, 2.45) is 0 Å². The molecule has 0 heterocycles. The number of carbonyl (C=O) groups is 2. The summed E-state index contributed by atoms with van der Waals surface area (Å²) in [5, 5.41) is 2.73. The molecule has 2 aromatic rings. The summed E-state index contributed by atoms with van der Waals surface area (Å²) in [6.07, 6.45) is 2.41. The van der Waals surface area contributed by atoms with Crippen molar-refractivity contribution >= 4 is 46.9 Å². The molecule has 3 N–H and O–H groups in total. The third-order valence-electron chi connectivity index (χ3n) is 3.19. The van der Waals surface area contributed by atoms with Gasteiger partial charge in [0, 0.05) is 16.9 Å². The van der Waals surface area contributed by atoms with Gasteiger partial charge >= 0.3 is 0 Å². The average Bonchev–Trinajstić information content (AvgIpc) is 2.56. The van der Waals surface area contributed by atoms with Crippen LogP contribution in [0.2, 0.25) is 0 Å². The Kier molecular flexibility index (Phi) is 5.11. The number of anilines is 2. The minimum atomic E-state index is -1.25. The van der Waals surface area contributed by atoms with Crippen LogP contribution < -0.4 is 11.1 Å². The van der Waals surface area contributed by atoms with E-state index >= 15 is 0 Å². The number of rotatable bonds is 5. The minimum Gasteiger partial charge on any atom is -0.398 e. The number of hydrogen-bond acceptors (Lipinski definition) is 4. The highest BCUT2D eigenvalue weighted by Crippen LogP contribution is 2.40. The molecule has 2 rings (SSSR count). The van der Waals surface area contributed by atoms with E-state index < -0.39 is 4.21 Å². The Bertz CT molecular complexity index is 694. The van der Waals surface area contributed by atoms with E-state index in [1.807, 2.05) is 18.2 Å². The number of aldehydes is 1. The summed E-state index contributed by atoms with van der Waals surface area (Å²) < 4.78 is -1.25. The topological polar surface area (TPSA) is 72.2 Å². The molecule has 0 aliphatic carbocycles. The number of nitrogens with two attached hydrogens (primary N) is 1. The van der Waals surface area contributed by atoms with Gasteiger partial charge in [-0.3, -0.25) is 9.59 Å². The Balaban J connectivity index is 2.29. The van der Waals surface area contributed by atoms with Crippen molar-refractivity contribution < 1.29 is 9.59 Å². The van der Waals surface area contributed by atoms with Crippen molar-refractivity contribution in [1.29, 1.82) is 0 Å². The minimum absolute atomic E-state index is 0.321. The lowest BCUT2D eigenvalue weighted by molar-refractivity contribution is -0.116. The fraction of sp³-hybridized carbons (Fsp3) is 0.125. The first-order chi connectivity index (χ1) is 10.5. The summed E-state index contributed by atoms with van der Waals surface area (Å²) in [5.74, 6) is -0.380. The Morgan fingerprint density at radius 2 is 1.95 bits per heavy atom. The predicted molar refractivity (Wildman–Crippen MR) is 92.4 cm³/mol. The van der Waals surface area contributed by atoms with Crippen LogP contribution in [-0.2, 0) is 9.00 Å². The van der Waals surface area contributed by atoms with Crippen molar-refractivity contribution in [2.45, 2.75) is 4.21 Å². The smallest absolute Gasteiger partial charge is 0.260 e. The van der Waals surface area contributed by atoms with Gasteiger partial charge in [0.1, 0.15) is 0 Å². The molecule has 0 radical (unpaired) electrons. The second-order valence-electron chi connectivity index (χ2n) is 4.58. The average molecular weight is 335 g/mol. The zero-order valence-corrected chi connectivity index (χ0v) is 13.4. The third-order valence-corrected chi connectivity index (χ3v) is 5.03. The van der Waals surface area contributed by atoms with Gasteiger partial charge in [-0.25, -0.2) is 0 Å². The van der Waals surface area contributed by atoms with Crippen LogP contribution in [0.15, 0.2) is 48.5 Å². The molecular formula is C16H15ClN2O2S. The first-order valence-electron chi connectivity index (χ1n) is 6.47. The van der Waals surface area contributed by atoms with E-state index in [9.17, 15) is 9.59 Å². The van der Waals surface area contributed by atoms with Gasteiger partial charge in [0.2, 0.25) is 0 Å². The number of halogens is 1. The van der Waals surface area contributed by atoms with Crippen LogP contribution in [0.3, 0.4) is 0 Å². The second kappa shape index (κ2) is 6.85. The first kappa shape index (κ1) is 16.4. The monoisotopic (exact) mass is 334 g/mol. The molecule has 0 saturated carbocycles. The molecule has 6 heteroatoms. The lowest BCUT2D eigenvalue weighted by atomic mass is 10.1. The van der Waals surface area contributed by atoms with Crippen molar-refractivity contribution in [1.82, 2.24) is 0 Å². The molecule has 1 atom stereocenters. The fourth-order valence-electron chi connectivity index (χ4n) is 1.96. The van der Waals surface area contributed by atoms with Crippen molar-refractivity contribution in [3.05, 3.63) is 59.7 Å². The van der Waals surface area contributed by atoms with Gasteiger partial charge in [0.05, 0.1) is 0 Å². The number of carbonyl (C=O) groups excluding carboxylic acids is 2. The maximum absolute atomic E-state index is 12.6. The zero-order chi connectivity index (χ0) is 16.2. The standard InChI is InChI=1S/C16H15ClN2O2S/c1-22-16(17,12-5-3-2-4-6-12)15(21)19-13-7-8-14(18)11(9-13)10-20/h2-10H,18H2,1H3,(H,19,21). The van der Waals surface area contributed by atoms with Crippen molar-refractivity contribution in [2.75, 3.05) is 17.3 Å². The molecule has 1 unspecified atom stereocenters. The first-order valence-corrected chi connectivity index (χ1v) is 8.07. The largest absolute Gasteiger partial charge is 0.398 e. The molecule has 0 aliphatic rings. The molecular weight excluding hydrogens is 320 g/mol. The van der Waals surface area contributed by atoms with E-state index in [0.717, 1.165) is 0 Å². The number of nitrogen functional groups attached to an aromatic ring is 1. The number of alkyl halides is 1. The van der Waals surface area contributed by atoms with Gasteiger partial charge in [-0.2, -0.15) is 0 Å². The number of hydrogen-bond donors (Lipinski definition) is 2. The van der Waals surface area contributed by atoms with Crippen LogP contribution in [0.25, 0.3) is 0 Å². The van der Waals surface area contributed by atoms with Crippen LogP contribution in [0, 0.1) is 0 Å². The molecule has 0 aliphatic heterocycles. The second-order valence-corrected chi connectivity index (χ2v) is 6.39. The van der Waals surface area contributed by atoms with Gasteiger partial charge in [-0.05, 0) is 30.0 Å². The molecule has 4 nitrogen and oxygen atoms in total. The molecule has 0 aromatic heterocycles. The van der Waals surface area contributed by atoms with Crippen LogP contribution in [-0.4, -0.2) is 18.4 Å². The number of benzene rings is 2. The van der Waals surface area contributed by atoms with Gasteiger partial charge < -0.3 is 11.1 Å². The van der Waals surface area contributed by atoms with Gasteiger partial charge in [0.15, 0.2) is 10.5 Å². The number of thioether (sulfide) groups is 1. The highest BCUT2D eigenvalue weighted by atomic mass is 35.5. The molecule has 1 amide bonds. The lowest BCUT2D eigenvalue weighted by Gasteiger charge is -2.24.